The van der Waals surface area contributed by atoms with Gasteiger partial charge in [-0.3, -0.25) is 4.79 Å². The lowest BCUT2D eigenvalue weighted by atomic mass is 9.98. The Hall–Kier alpha value is -1.98. The van der Waals surface area contributed by atoms with E-state index in [2.05, 4.69) is 31.1 Å². The Morgan fingerprint density at radius 1 is 1.25 bits per heavy atom. The van der Waals surface area contributed by atoms with Gasteiger partial charge in [-0.2, -0.15) is 0 Å². The van der Waals surface area contributed by atoms with Crippen LogP contribution in [-0.2, 0) is 23.2 Å². The van der Waals surface area contributed by atoms with Crippen LogP contribution in [0.25, 0.3) is 6.08 Å². The van der Waals surface area contributed by atoms with Gasteiger partial charge in [0, 0.05) is 29.1 Å². The number of thiazole rings is 1. The average Bonchev–Trinajstić information content (AvgIpc) is 3.03. The number of aliphatic hydroxyl groups is 1. The molecule has 1 amide bonds. The molecule has 0 aliphatic heterocycles. The Kier molecular flexibility index (Phi) is 6.29. The van der Waals surface area contributed by atoms with Crippen molar-refractivity contribution in [2.24, 2.45) is 0 Å². The molecule has 0 aliphatic carbocycles. The molecule has 1 heterocycles. The van der Waals surface area contributed by atoms with Crippen LogP contribution >= 0.6 is 11.3 Å². The number of hydrogen-bond acceptors (Lipinski definition) is 4. The molecule has 0 bridgehead atoms. The predicted molar refractivity (Wildman–Crippen MR) is 98.9 cm³/mol. The van der Waals surface area contributed by atoms with Crippen LogP contribution in [0.4, 0.5) is 0 Å². The molecule has 4 nitrogen and oxygen atoms in total. The van der Waals surface area contributed by atoms with Crippen LogP contribution < -0.4 is 5.32 Å². The molecule has 0 saturated carbocycles. The number of nitrogens with zero attached hydrogens (tertiary/aromatic N) is 1. The van der Waals surface area contributed by atoms with Crippen LogP contribution in [-0.4, -0.2) is 22.5 Å². The first kappa shape index (κ1) is 18.4. The van der Waals surface area contributed by atoms with E-state index in [0.29, 0.717) is 6.54 Å². The fourth-order valence-electron chi connectivity index (χ4n) is 2.07. The van der Waals surface area contributed by atoms with Crippen molar-refractivity contribution in [3.8, 4) is 0 Å². The lowest BCUT2D eigenvalue weighted by Crippen LogP contribution is -2.23. The minimum atomic E-state index is -0.104. The highest BCUT2D eigenvalue weighted by molar-refractivity contribution is 7.12. The highest BCUT2D eigenvalue weighted by Crippen LogP contribution is 2.27. The molecule has 0 saturated heterocycles. The van der Waals surface area contributed by atoms with E-state index in [-0.39, 0.29) is 17.9 Å². The van der Waals surface area contributed by atoms with E-state index in [0.717, 1.165) is 27.4 Å². The number of nitrogens with one attached hydrogen (secondary N) is 1. The number of aromatic nitrogens is 1. The minimum absolute atomic E-state index is 0.0323. The van der Waals surface area contributed by atoms with Crippen molar-refractivity contribution in [3.63, 3.8) is 0 Å². The molecule has 0 fully saturated rings. The van der Waals surface area contributed by atoms with Crippen molar-refractivity contribution in [2.75, 3.05) is 6.54 Å². The number of carbonyl (C=O) groups is 1. The fraction of sp³-hybridized carbons (Fsp3) is 0.368. The second-order valence-electron chi connectivity index (χ2n) is 6.67. The van der Waals surface area contributed by atoms with E-state index in [1.165, 1.54) is 0 Å². The van der Waals surface area contributed by atoms with E-state index >= 15 is 0 Å². The summed E-state index contributed by atoms with van der Waals surface area (Å²) in [4.78, 5) is 17.2. The molecular formula is C19H24N2O2S. The summed E-state index contributed by atoms with van der Waals surface area (Å²) in [6.07, 6.45) is 5.92. The number of amides is 1. The number of benzene rings is 1. The first-order valence-electron chi connectivity index (χ1n) is 7.99. The van der Waals surface area contributed by atoms with Crippen LogP contribution in [0.15, 0.2) is 36.5 Å². The Bertz CT molecular complexity index is 697. The molecule has 1 aromatic carbocycles. The van der Waals surface area contributed by atoms with Gasteiger partial charge >= 0.3 is 0 Å². The third kappa shape index (κ3) is 5.58. The summed E-state index contributed by atoms with van der Waals surface area (Å²) in [6.45, 7) is 7.01. The largest absolute Gasteiger partial charge is 0.392 e. The average molecular weight is 344 g/mol. The van der Waals surface area contributed by atoms with E-state index in [4.69, 9.17) is 5.11 Å². The van der Waals surface area contributed by atoms with Gasteiger partial charge in [0.1, 0.15) is 0 Å². The van der Waals surface area contributed by atoms with Crippen molar-refractivity contribution >= 4 is 23.3 Å². The summed E-state index contributed by atoms with van der Waals surface area (Å²) in [5.74, 6) is -0.104. The Balaban J connectivity index is 1.79. The van der Waals surface area contributed by atoms with Gasteiger partial charge in [-0.1, -0.05) is 45.0 Å². The van der Waals surface area contributed by atoms with Crippen molar-refractivity contribution in [1.82, 2.24) is 10.3 Å². The first-order chi connectivity index (χ1) is 11.4. The van der Waals surface area contributed by atoms with Gasteiger partial charge in [0.2, 0.25) is 5.91 Å². The Labute approximate surface area is 147 Å². The maximum Gasteiger partial charge on any atom is 0.244 e. The monoisotopic (exact) mass is 344 g/mol. The zero-order valence-electron chi connectivity index (χ0n) is 14.4. The number of carbonyl (C=O) groups excluding carboxylic acids is 1. The van der Waals surface area contributed by atoms with Crippen molar-refractivity contribution < 1.29 is 9.90 Å². The fourth-order valence-corrected chi connectivity index (χ4v) is 2.94. The molecule has 0 atom stereocenters. The molecule has 2 rings (SSSR count). The Morgan fingerprint density at radius 2 is 1.92 bits per heavy atom. The van der Waals surface area contributed by atoms with E-state index < -0.39 is 0 Å². The van der Waals surface area contributed by atoms with E-state index in [1.54, 1.807) is 29.7 Å². The van der Waals surface area contributed by atoms with Crippen LogP contribution in [0.2, 0.25) is 0 Å². The van der Waals surface area contributed by atoms with Gasteiger partial charge in [0.25, 0.3) is 0 Å². The lowest BCUT2D eigenvalue weighted by molar-refractivity contribution is -0.116. The maximum absolute atomic E-state index is 11.9. The third-order valence-electron chi connectivity index (χ3n) is 3.48. The van der Waals surface area contributed by atoms with E-state index in [1.807, 2.05) is 24.3 Å². The normalized spacial score (nSPS) is 11.8. The van der Waals surface area contributed by atoms with E-state index in [9.17, 15) is 4.79 Å². The van der Waals surface area contributed by atoms with Gasteiger partial charge in [-0.25, -0.2) is 4.98 Å². The smallest absolute Gasteiger partial charge is 0.244 e. The maximum atomic E-state index is 11.9. The summed E-state index contributed by atoms with van der Waals surface area (Å²) in [7, 11) is 0. The molecule has 2 N–H and O–H groups in total. The van der Waals surface area contributed by atoms with Crippen molar-refractivity contribution in [1.29, 1.82) is 0 Å². The molecule has 5 heteroatoms. The molecule has 128 valence electrons. The van der Waals surface area contributed by atoms with Crippen LogP contribution in [0.5, 0.6) is 0 Å². The molecule has 24 heavy (non-hydrogen) atoms. The van der Waals surface area contributed by atoms with Gasteiger partial charge in [-0.05, 0) is 23.6 Å². The Morgan fingerprint density at radius 3 is 2.50 bits per heavy atom. The summed E-state index contributed by atoms with van der Waals surface area (Å²) < 4.78 is 0. The SMILES string of the molecule is CC(C)(C)c1ncc(/C=C/C(=O)NCCc2ccc(CO)cc2)s1. The van der Waals surface area contributed by atoms with Gasteiger partial charge in [0.15, 0.2) is 0 Å². The molecule has 0 aliphatic rings. The number of rotatable bonds is 6. The highest BCUT2D eigenvalue weighted by atomic mass is 32.1. The van der Waals surface area contributed by atoms with Crippen molar-refractivity contribution in [3.05, 3.63) is 57.6 Å². The topological polar surface area (TPSA) is 62.2 Å². The quantitative estimate of drug-likeness (QED) is 0.790. The van der Waals surface area contributed by atoms with Crippen LogP contribution in [0, 0.1) is 0 Å². The predicted octanol–water partition coefficient (Wildman–Crippen LogP) is 3.31. The van der Waals surface area contributed by atoms with Gasteiger partial charge in [0.05, 0.1) is 11.6 Å². The molecule has 0 radical (unpaired) electrons. The zero-order valence-corrected chi connectivity index (χ0v) is 15.2. The number of hydrogen-bond donors (Lipinski definition) is 2. The van der Waals surface area contributed by atoms with Crippen LogP contribution in [0.3, 0.4) is 0 Å². The third-order valence-corrected chi connectivity index (χ3v) is 4.87. The summed E-state index contributed by atoms with van der Waals surface area (Å²) in [5.41, 5.74) is 2.06. The lowest BCUT2D eigenvalue weighted by Gasteiger charge is -2.13. The van der Waals surface area contributed by atoms with Gasteiger partial charge < -0.3 is 10.4 Å². The van der Waals surface area contributed by atoms with Gasteiger partial charge in [-0.15, -0.1) is 11.3 Å². The van der Waals surface area contributed by atoms with Crippen molar-refractivity contribution in [2.45, 2.75) is 39.2 Å². The first-order valence-corrected chi connectivity index (χ1v) is 8.81. The molecular weight excluding hydrogens is 320 g/mol. The summed E-state index contributed by atoms with van der Waals surface area (Å²) >= 11 is 1.61. The standard InChI is InChI=1S/C19H24N2O2S/c1-19(2,3)18-21-12-16(24-18)8-9-17(23)20-11-10-14-4-6-15(13-22)7-5-14/h4-9,12,22H,10-11,13H2,1-3H3,(H,20,23)/b9-8+. The minimum Gasteiger partial charge on any atom is -0.392 e. The summed E-state index contributed by atoms with van der Waals surface area (Å²) in [5, 5.41) is 12.9. The molecule has 0 unspecified atom stereocenters. The molecule has 0 spiro atoms. The second kappa shape index (κ2) is 8.22. The zero-order chi connectivity index (χ0) is 17.6. The second-order valence-corrected chi connectivity index (χ2v) is 7.73. The van der Waals surface area contributed by atoms with Crippen LogP contribution in [0.1, 0.15) is 41.8 Å². The highest BCUT2D eigenvalue weighted by Gasteiger charge is 2.17. The molecule has 2 aromatic rings. The molecule has 1 aromatic heterocycles. The number of aliphatic hydroxyl groups excluding tert-OH is 1. The summed E-state index contributed by atoms with van der Waals surface area (Å²) in [6, 6.07) is 7.74.